The summed E-state index contributed by atoms with van der Waals surface area (Å²) < 4.78 is 0. The first kappa shape index (κ1) is 11.7. The Hall–Kier alpha value is -2.40. The van der Waals surface area contributed by atoms with Crippen LogP contribution in [0.5, 0.6) is 5.75 Å². The summed E-state index contributed by atoms with van der Waals surface area (Å²) in [5, 5.41) is 28.1. The van der Waals surface area contributed by atoms with Crippen LogP contribution < -0.4 is 0 Å². The molecule has 5 heteroatoms. The molecule has 0 aliphatic rings. The highest BCUT2D eigenvalue weighted by atomic mass is 16.3. The van der Waals surface area contributed by atoms with E-state index in [-0.39, 0.29) is 5.75 Å². The fourth-order valence-corrected chi connectivity index (χ4v) is 1.94. The van der Waals surface area contributed by atoms with Gasteiger partial charge in [-0.2, -0.15) is 0 Å². The van der Waals surface area contributed by atoms with Crippen LogP contribution in [-0.4, -0.2) is 25.2 Å². The van der Waals surface area contributed by atoms with Gasteiger partial charge >= 0.3 is 0 Å². The summed E-state index contributed by atoms with van der Waals surface area (Å²) in [6.07, 6.45) is -0.621. The van der Waals surface area contributed by atoms with Crippen molar-refractivity contribution in [1.29, 1.82) is 0 Å². The Morgan fingerprint density at radius 2 is 1.68 bits per heavy atom. The number of hydrogen-bond donors (Lipinski definition) is 2. The van der Waals surface area contributed by atoms with E-state index in [1.54, 1.807) is 19.1 Å². The molecule has 3 aromatic rings. The van der Waals surface area contributed by atoms with Crippen LogP contribution in [0.25, 0.3) is 16.7 Å². The van der Waals surface area contributed by atoms with Gasteiger partial charge in [-0.1, -0.05) is 18.2 Å². The molecule has 19 heavy (non-hydrogen) atoms. The molecule has 1 heterocycles. The summed E-state index contributed by atoms with van der Waals surface area (Å²) in [7, 11) is 0. The second-order valence-corrected chi connectivity index (χ2v) is 4.40. The van der Waals surface area contributed by atoms with Crippen LogP contribution in [0.4, 0.5) is 0 Å². The molecule has 2 aromatic carbocycles. The molecule has 0 radical (unpaired) electrons. The van der Waals surface area contributed by atoms with Gasteiger partial charge in [-0.25, -0.2) is 0 Å². The molecule has 0 aliphatic heterocycles. The SMILES string of the molecule is CC(O)c1ccc(-n2nc3ccccc3n2)c(O)c1. The molecule has 5 nitrogen and oxygen atoms in total. The molecule has 0 bridgehead atoms. The zero-order valence-electron chi connectivity index (χ0n) is 10.4. The summed E-state index contributed by atoms with van der Waals surface area (Å²) in [5.41, 5.74) is 2.67. The first-order valence-electron chi connectivity index (χ1n) is 5.98. The Bertz CT molecular complexity index is 701. The number of aliphatic hydroxyl groups excluding tert-OH is 1. The van der Waals surface area contributed by atoms with Gasteiger partial charge in [-0.15, -0.1) is 15.0 Å². The van der Waals surface area contributed by atoms with Crippen LogP contribution in [0.2, 0.25) is 0 Å². The van der Waals surface area contributed by atoms with E-state index in [2.05, 4.69) is 10.2 Å². The van der Waals surface area contributed by atoms with Crippen molar-refractivity contribution in [2.24, 2.45) is 0 Å². The molecule has 0 spiro atoms. The Morgan fingerprint density at radius 3 is 2.21 bits per heavy atom. The largest absolute Gasteiger partial charge is 0.506 e. The highest BCUT2D eigenvalue weighted by Gasteiger charge is 2.10. The maximum Gasteiger partial charge on any atom is 0.143 e. The fourth-order valence-electron chi connectivity index (χ4n) is 1.94. The van der Waals surface area contributed by atoms with Crippen molar-refractivity contribution in [1.82, 2.24) is 15.0 Å². The Labute approximate surface area is 109 Å². The first-order valence-corrected chi connectivity index (χ1v) is 5.98. The highest BCUT2D eigenvalue weighted by molar-refractivity contribution is 5.73. The van der Waals surface area contributed by atoms with Crippen LogP contribution >= 0.6 is 0 Å². The molecule has 1 unspecified atom stereocenters. The standard InChI is InChI=1S/C14H13N3O2/c1-9(18)10-6-7-13(14(19)8-10)17-15-11-4-2-3-5-12(11)16-17/h2-9,18-19H,1H3. The van der Waals surface area contributed by atoms with Crippen LogP contribution in [0.15, 0.2) is 42.5 Å². The van der Waals surface area contributed by atoms with Gasteiger partial charge in [-0.05, 0) is 36.8 Å². The van der Waals surface area contributed by atoms with Crippen LogP contribution in [0.3, 0.4) is 0 Å². The normalized spacial score (nSPS) is 12.7. The lowest BCUT2D eigenvalue weighted by Crippen LogP contribution is -2.00. The fraction of sp³-hybridized carbons (Fsp3) is 0.143. The Kier molecular flexibility index (Phi) is 2.68. The molecule has 1 aromatic heterocycles. The van der Waals surface area contributed by atoms with Gasteiger partial charge in [0.2, 0.25) is 0 Å². The summed E-state index contributed by atoms with van der Waals surface area (Å²) in [5.74, 6) is 0.0405. The monoisotopic (exact) mass is 255 g/mol. The molecule has 0 saturated carbocycles. The summed E-state index contributed by atoms with van der Waals surface area (Å²) in [6, 6.07) is 12.5. The molecular formula is C14H13N3O2. The number of benzene rings is 2. The van der Waals surface area contributed by atoms with E-state index in [1.807, 2.05) is 24.3 Å². The lowest BCUT2D eigenvalue weighted by molar-refractivity contribution is 0.199. The van der Waals surface area contributed by atoms with E-state index in [9.17, 15) is 10.2 Å². The van der Waals surface area contributed by atoms with Crippen molar-refractivity contribution in [3.63, 3.8) is 0 Å². The van der Waals surface area contributed by atoms with Gasteiger partial charge in [0.1, 0.15) is 22.5 Å². The Balaban J connectivity index is 2.11. The molecule has 3 rings (SSSR count). The lowest BCUT2D eigenvalue weighted by atomic mass is 10.1. The topological polar surface area (TPSA) is 71.2 Å². The predicted molar refractivity (Wildman–Crippen MR) is 71.2 cm³/mol. The molecule has 96 valence electrons. The van der Waals surface area contributed by atoms with Crippen molar-refractivity contribution in [2.75, 3.05) is 0 Å². The second kappa shape index (κ2) is 4.37. The molecule has 1 atom stereocenters. The van der Waals surface area contributed by atoms with Crippen molar-refractivity contribution in [3.8, 4) is 11.4 Å². The molecule has 0 amide bonds. The maximum absolute atomic E-state index is 10.0. The third-order valence-electron chi connectivity index (χ3n) is 2.98. The Morgan fingerprint density at radius 1 is 1.05 bits per heavy atom. The first-order chi connectivity index (χ1) is 9.15. The minimum Gasteiger partial charge on any atom is -0.506 e. The number of rotatable bonds is 2. The maximum atomic E-state index is 10.0. The van der Waals surface area contributed by atoms with Gasteiger partial charge in [0, 0.05) is 0 Å². The van der Waals surface area contributed by atoms with Crippen molar-refractivity contribution in [3.05, 3.63) is 48.0 Å². The average Bonchev–Trinajstić information content (AvgIpc) is 2.81. The third kappa shape index (κ3) is 2.04. The number of nitrogens with zero attached hydrogens (tertiary/aromatic N) is 3. The van der Waals surface area contributed by atoms with E-state index in [0.29, 0.717) is 11.3 Å². The van der Waals surface area contributed by atoms with Gasteiger partial charge < -0.3 is 10.2 Å². The van der Waals surface area contributed by atoms with E-state index in [1.165, 1.54) is 10.9 Å². The van der Waals surface area contributed by atoms with Crippen molar-refractivity contribution in [2.45, 2.75) is 13.0 Å². The predicted octanol–water partition coefficient (Wildman–Crippen LogP) is 2.18. The second-order valence-electron chi connectivity index (χ2n) is 4.40. The van der Waals surface area contributed by atoms with Crippen molar-refractivity contribution < 1.29 is 10.2 Å². The number of aromatic hydroxyl groups is 1. The summed E-state index contributed by atoms with van der Waals surface area (Å²) in [4.78, 5) is 1.39. The van der Waals surface area contributed by atoms with E-state index in [0.717, 1.165) is 11.0 Å². The van der Waals surface area contributed by atoms with E-state index < -0.39 is 6.10 Å². The zero-order valence-corrected chi connectivity index (χ0v) is 10.4. The summed E-state index contributed by atoms with van der Waals surface area (Å²) in [6.45, 7) is 1.65. The minimum absolute atomic E-state index is 0.0405. The average molecular weight is 255 g/mol. The number of aromatic nitrogens is 3. The number of aliphatic hydroxyl groups is 1. The lowest BCUT2D eigenvalue weighted by Gasteiger charge is -2.08. The number of fused-ring (bicyclic) bond motifs is 1. The van der Waals surface area contributed by atoms with Crippen LogP contribution in [-0.2, 0) is 0 Å². The zero-order chi connectivity index (χ0) is 13.4. The van der Waals surface area contributed by atoms with Gasteiger partial charge in [0.05, 0.1) is 6.10 Å². The van der Waals surface area contributed by atoms with Gasteiger partial charge in [0.25, 0.3) is 0 Å². The molecule has 2 N–H and O–H groups in total. The molecule has 0 fully saturated rings. The van der Waals surface area contributed by atoms with Crippen LogP contribution in [0.1, 0.15) is 18.6 Å². The number of hydrogen-bond acceptors (Lipinski definition) is 4. The van der Waals surface area contributed by atoms with Gasteiger partial charge in [-0.3, -0.25) is 0 Å². The van der Waals surface area contributed by atoms with Gasteiger partial charge in [0.15, 0.2) is 0 Å². The molecule has 0 aliphatic carbocycles. The van der Waals surface area contributed by atoms with Crippen molar-refractivity contribution >= 4 is 11.0 Å². The van der Waals surface area contributed by atoms with E-state index in [4.69, 9.17) is 0 Å². The smallest absolute Gasteiger partial charge is 0.143 e. The summed E-state index contributed by atoms with van der Waals surface area (Å²) >= 11 is 0. The highest BCUT2D eigenvalue weighted by Crippen LogP contribution is 2.25. The van der Waals surface area contributed by atoms with E-state index >= 15 is 0 Å². The molecular weight excluding hydrogens is 242 g/mol. The quantitative estimate of drug-likeness (QED) is 0.736. The number of phenols is 1. The van der Waals surface area contributed by atoms with Crippen LogP contribution in [0, 0.1) is 0 Å². The number of phenolic OH excluding ortho intramolecular Hbond substituents is 1. The molecule has 0 saturated heterocycles. The minimum atomic E-state index is -0.621. The third-order valence-corrected chi connectivity index (χ3v) is 2.98.